The maximum atomic E-state index is 6.55. The molecule has 0 radical (unpaired) electrons. The Kier molecular flexibility index (Phi) is 3.54. The Labute approximate surface area is 133 Å². The Hall–Kier alpha value is -0.530. The molecule has 1 aromatic rings. The van der Waals surface area contributed by atoms with Crippen molar-refractivity contribution in [3.05, 3.63) is 34.9 Å². The van der Waals surface area contributed by atoms with E-state index in [0.717, 1.165) is 17.6 Å². The highest BCUT2D eigenvalue weighted by Crippen LogP contribution is 2.62. The van der Waals surface area contributed by atoms with Crippen LogP contribution in [0, 0.1) is 5.41 Å². The summed E-state index contributed by atoms with van der Waals surface area (Å²) in [6, 6.07) is 9.34. The van der Waals surface area contributed by atoms with E-state index in [2.05, 4.69) is 29.6 Å². The molecule has 3 aliphatic rings. The van der Waals surface area contributed by atoms with Crippen LogP contribution in [0.5, 0.6) is 0 Å². The topological polar surface area (TPSA) is 12.0 Å². The lowest BCUT2D eigenvalue weighted by atomic mass is 9.46. The molecule has 21 heavy (non-hydrogen) atoms. The first-order valence-electron chi connectivity index (χ1n) is 8.70. The van der Waals surface area contributed by atoms with E-state index >= 15 is 0 Å². The highest BCUT2D eigenvalue weighted by atomic mass is 35.5. The van der Waals surface area contributed by atoms with Gasteiger partial charge in [-0.3, -0.25) is 0 Å². The third-order valence-electron chi connectivity index (χ3n) is 6.09. The Morgan fingerprint density at radius 2 is 1.76 bits per heavy atom. The van der Waals surface area contributed by atoms with Gasteiger partial charge in [0.05, 0.1) is 0 Å². The fraction of sp³-hybridized carbons (Fsp3) is 0.684. The van der Waals surface area contributed by atoms with Gasteiger partial charge in [-0.25, -0.2) is 0 Å². The van der Waals surface area contributed by atoms with Crippen LogP contribution in [-0.2, 0) is 5.41 Å². The molecular formula is C19H26ClN. The maximum Gasteiger partial charge on any atom is 0.0444 e. The zero-order valence-electron chi connectivity index (χ0n) is 12.8. The van der Waals surface area contributed by atoms with Gasteiger partial charge in [0, 0.05) is 23.0 Å². The molecule has 2 heteroatoms. The van der Waals surface area contributed by atoms with Crippen LogP contribution in [0.15, 0.2) is 24.3 Å². The van der Waals surface area contributed by atoms with Crippen molar-refractivity contribution in [3.8, 4) is 0 Å². The van der Waals surface area contributed by atoms with Crippen molar-refractivity contribution in [2.45, 2.75) is 69.2 Å². The summed E-state index contributed by atoms with van der Waals surface area (Å²) in [5, 5.41) is 4.76. The van der Waals surface area contributed by atoms with E-state index in [9.17, 15) is 0 Å². The average Bonchev–Trinajstić information content (AvgIpc) is 3.28. The fourth-order valence-electron chi connectivity index (χ4n) is 4.97. The molecule has 114 valence electrons. The standard InChI is InChI=1S/C19H26ClN/c20-17-7-3-2-6-16(17)19(14-21-15-8-9-15)12-18(13-19)10-4-1-5-11-18/h2-3,6-7,15,21H,1,4-5,8-14H2. The molecule has 0 unspecified atom stereocenters. The summed E-state index contributed by atoms with van der Waals surface area (Å²) in [7, 11) is 0. The van der Waals surface area contributed by atoms with E-state index in [-0.39, 0.29) is 0 Å². The Morgan fingerprint density at radius 3 is 2.43 bits per heavy atom. The molecule has 4 rings (SSSR count). The van der Waals surface area contributed by atoms with Crippen molar-refractivity contribution < 1.29 is 0 Å². The first-order valence-corrected chi connectivity index (χ1v) is 9.08. The van der Waals surface area contributed by atoms with E-state index in [1.54, 1.807) is 0 Å². The Balaban J connectivity index is 1.57. The van der Waals surface area contributed by atoms with Gasteiger partial charge in [0.1, 0.15) is 0 Å². The van der Waals surface area contributed by atoms with Crippen molar-refractivity contribution >= 4 is 11.6 Å². The summed E-state index contributed by atoms with van der Waals surface area (Å²) < 4.78 is 0. The smallest absolute Gasteiger partial charge is 0.0444 e. The molecule has 3 saturated carbocycles. The summed E-state index contributed by atoms with van der Waals surface area (Å²) in [5.41, 5.74) is 2.34. The molecule has 0 bridgehead atoms. The second kappa shape index (κ2) is 5.28. The van der Waals surface area contributed by atoms with Gasteiger partial charge in [0.25, 0.3) is 0 Å². The summed E-state index contributed by atoms with van der Waals surface area (Å²) in [6.07, 6.45) is 12.6. The quantitative estimate of drug-likeness (QED) is 0.818. The van der Waals surface area contributed by atoms with E-state index in [1.807, 2.05) is 0 Å². The van der Waals surface area contributed by atoms with Gasteiger partial charge in [0.15, 0.2) is 0 Å². The average molecular weight is 304 g/mol. The third kappa shape index (κ3) is 2.64. The molecule has 1 spiro atoms. The Bertz CT molecular complexity index is 506. The lowest BCUT2D eigenvalue weighted by molar-refractivity contribution is -0.0129. The van der Waals surface area contributed by atoms with Gasteiger partial charge in [-0.2, -0.15) is 0 Å². The Morgan fingerprint density at radius 1 is 1.05 bits per heavy atom. The van der Waals surface area contributed by atoms with Crippen molar-refractivity contribution in [1.82, 2.24) is 5.32 Å². The molecule has 3 aliphatic carbocycles. The number of halogens is 1. The van der Waals surface area contributed by atoms with Crippen molar-refractivity contribution in [2.75, 3.05) is 6.54 Å². The van der Waals surface area contributed by atoms with Crippen molar-refractivity contribution in [1.29, 1.82) is 0 Å². The first kappa shape index (κ1) is 14.1. The molecule has 3 fully saturated rings. The highest BCUT2D eigenvalue weighted by molar-refractivity contribution is 6.31. The van der Waals surface area contributed by atoms with Crippen molar-refractivity contribution in [2.24, 2.45) is 5.41 Å². The van der Waals surface area contributed by atoms with Gasteiger partial charge in [-0.05, 0) is 55.6 Å². The van der Waals surface area contributed by atoms with Crippen LogP contribution < -0.4 is 5.32 Å². The fourth-order valence-corrected chi connectivity index (χ4v) is 5.30. The third-order valence-corrected chi connectivity index (χ3v) is 6.42. The van der Waals surface area contributed by atoms with Crippen LogP contribution in [0.3, 0.4) is 0 Å². The number of hydrogen-bond donors (Lipinski definition) is 1. The monoisotopic (exact) mass is 303 g/mol. The molecule has 0 atom stereocenters. The lowest BCUT2D eigenvalue weighted by Crippen LogP contribution is -2.55. The minimum atomic E-state index is 0.304. The SMILES string of the molecule is Clc1ccccc1C1(CNC2CC2)CC2(CCCCC2)C1. The normalized spacial score (nSPS) is 26.5. The van der Waals surface area contributed by atoms with Crippen molar-refractivity contribution in [3.63, 3.8) is 0 Å². The van der Waals surface area contributed by atoms with E-state index in [1.165, 1.54) is 63.4 Å². The number of hydrogen-bond acceptors (Lipinski definition) is 1. The number of rotatable bonds is 4. The minimum absolute atomic E-state index is 0.304. The number of nitrogens with one attached hydrogen (secondary N) is 1. The highest BCUT2D eigenvalue weighted by Gasteiger charge is 2.55. The minimum Gasteiger partial charge on any atom is -0.313 e. The van der Waals surface area contributed by atoms with Crippen LogP contribution in [0.2, 0.25) is 5.02 Å². The molecule has 0 amide bonds. The second-order valence-corrected chi connectivity index (χ2v) is 8.24. The second-order valence-electron chi connectivity index (χ2n) is 7.83. The van der Waals surface area contributed by atoms with E-state index < -0.39 is 0 Å². The van der Waals surface area contributed by atoms with Gasteiger partial charge >= 0.3 is 0 Å². The summed E-state index contributed by atoms with van der Waals surface area (Å²) in [4.78, 5) is 0. The zero-order valence-corrected chi connectivity index (χ0v) is 13.6. The van der Waals surface area contributed by atoms with Gasteiger partial charge in [-0.15, -0.1) is 0 Å². The predicted molar refractivity (Wildman–Crippen MR) is 88.9 cm³/mol. The summed E-state index contributed by atoms with van der Waals surface area (Å²) in [5.74, 6) is 0. The van der Waals surface area contributed by atoms with Crippen LogP contribution in [0.1, 0.15) is 63.4 Å². The number of benzene rings is 1. The van der Waals surface area contributed by atoms with Crippen LogP contribution in [-0.4, -0.2) is 12.6 Å². The van der Waals surface area contributed by atoms with Crippen LogP contribution in [0.4, 0.5) is 0 Å². The maximum absolute atomic E-state index is 6.55. The first-order chi connectivity index (χ1) is 10.2. The molecular weight excluding hydrogens is 278 g/mol. The van der Waals surface area contributed by atoms with Gasteiger partial charge < -0.3 is 5.32 Å². The van der Waals surface area contributed by atoms with Crippen LogP contribution in [0.25, 0.3) is 0 Å². The molecule has 0 aliphatic heterocycles. The van der Waals surface area contributed by atoms with Gasteiger partial charge in [0.2, 0.25) is 0 Å². The predicted octanol–water partition coefficient (Wildman–Crippen LogP) is 5.07. The van der Waals surface area contributed by atoms with Gasteiger partial charge in [-0.1, -0.05) is 49.1 Å². The van der Waals surface area contributed by atoms with E-state index in [4.69, 9.17) is 11.6 Å². The molecule has 1 aromatic carbocycles. The lowest BCUT2D eigenvalue weighted by Gasteiger charge is -2.59. The molecule has 0 heterocycles. The molecule has 0 aromatic heterocycles. The molecule has 1 nitrogen and oxygen atoms in total. The van der Waals surface area contributed by atoms with Crippen LogP contribution >= 0.6 is 11.6 Å². The summed E-state index contributed by atoms with van der Waals surface area (Å²) >= 11 is 6.55. The molecule has 1 N–H and O–H groups in total. The van der Waals surface area contributed by atoms with E-state index in [0.29, 0.717) is 10.8 Å². The summed E-state index contributed by atoms with van der Waals surface area (Å²) in [6.45, 7) is 1.13. The largest absolute Gasteiger partial charge is 0.313 e. The zero-order chi connectivity index (χ0) is 14.3. The molecule has 0 saturated heterocycles.